The first-order valence-electron chi connectivity index (χ1n) is 5.37. The number of nitrogens with one attached hydrogen (secondary N) is 1. The second kappa shape index (κ2) is 6.60. The van der Waals surface area contributed by atoms with Crippen molar-refractivity contribution < 1.29 is 29.3 Å². The predicted octanol–water partition coefficient (Wildman–Crippen LogP) is -0.0636. The summed E-state index contributed by atoms with van der Waals surface area (Å²) in [5, 5.41) is 21.1. The summed E-state index contributed by atoms with van der Waals surface area (Å²) >= 11 is 0. The van der Waals surface area contributed by atoms with Crippen molar-refractivity contribution in [3.63, 3.8) is 0 Å². The van der Waals surface area contributed by atoms with Crippen molar-refractivity contribution in [2.24, 2.45) is 0 Å². The van der Waals surface area contributed by atoms with Gasteiger partial charge in [0, 0.05) is 5.56 Å². The van der Waals surface area contributed by atoms with Gasteiger partial charge in [-0.15, -0.1) is 0 Å². The lowest BCUT2D eigenvalue weighted by Crippen LogP contribution is -2.41. The van der Waals surface area contributed by atoms with E-state index in [1.165, 1.54) is 26.4 Å². The number of carbonyl (C=O) groups excluding carboxylic acids is 1. The molecule has 7 nitrogen and oxygen atoms in total. The maximum atomic E-state index is 11.0. The molecule has 0 saturated heterocycles. The topological polar surface area (TPSA) is 105 Å². The van der Waals surface area contributed by atoms with Gasteiger partial charge in [0.1, 0.15) is 17.6 Å². The molecule has 0 heterocycles. The second-order valence-electron chi connectivity index (χ2n) is 3.65. The summed E-state index contributed by atoms with van der Waals surface area (Å²) in [6, 6.07) is 3.12. The van der Waals surface area contributed by atoms with Gasteiger partial charge in [0.2, 0.25) is 6.41 Å². The van der Waals surface area contributed by atoms with E-state index in [0.717, 1.165) is 0 Å². The Morgan fingerprint density at radius 2 is 2.05 bits per heavy atom. The van der Waals surface area contributed by atoms with Crippen LogP contribution in [0.2, 0.25) is 0 Å². The van der Waals surface area contributed by atoms with Gasteiger partial charge in [-0.1, -0.05) is 0 Å². The van der Waals surface area contributed by atoms with Crippen molar-refractivity contribution in [3.8, 4) is 11.5 Å². The molecule has 19 heavy (non-hydrogen) atoms. The smallest absolute Gasteiger partial charge is 0.329 e. The monoisotopic (exact) mass is 269 g/mol. The highest BCUT2D eigenvalue weighted by atomic mass is 16.5. The summed E-state index contributed by atoms with van der Waals surface area (Å²) in [6.45, 7) is 0. The summed E-state index contributed by atoms with van der Waals surface area (Å²) < 4.78 is 10.1. The molecule has 1 amide bonds. The molecule has 0 unspecified atom stereocenters. The Hall–Kier alpha value is -2.28. The average molecular weight is 269 g/mol. The third kappa shape index (κ3) is 3.35. The molecule has 0 aliphatic heterocycles. The highest BCUT2D eigenvalue weighted by molar-refractivity contribution is 5.77. The van der Waals surface area contributed by atoms with Gasteiger partial charge in [-0.2, -0.15) is 0 Å². The lowest BCUT2D eigenvalue weighted by molar-refractivity contribution is -0.143. The van der Waals surface area contributed by atoms with Gasteiger partial charge in [0.15, 0.2) is 6.04 Å². The molecule has 0 aromatic heterocycles. The van der Waals surface area contributed by atoms with Gasteiger partial charge >= 0.3 is 5.97 Å². The van der Waals surface area contributed by atoms with E-state index in [9.17, 15) is 14.7 Å². The third-order valence-corrected chi connectivity index (χ3v) is 2.58. The van der Waals surface area contributed by atoms with Crippen molar-refractivity contribution in [1.29, 1.82) is 0 Å². The van der Waals surface area contributed by atoms with Gasteiger partial charge in [-0.25, -0.2) is 4.79 Å². The molecule has 3 N–H and O–H groups in total. The van der Waals surface area contributed by atoms with Gasteiger partial charge in [-0.05, 0) is 18.2 Å². The van der Waals surface area contributed by atoms with E-state index in [2.05, 4.69) is 0 Å². The summed E-state index contributed by atoms with van der Waals surface area (Å²) in [5.74, 6) is -0.623. The van der Waals surface area contributed by atoms with Crippen LogP contribution < -0.4 is 14.8 Å². The summed E-state index contributed by atoms with van der Waals surface area (Å²) in [6.07, 6.45) is -1.25. The van der Waals surface area contributed by atoms with Crippen molar-refractivity contribution in [3.05, 3.63) is 23.8 Å². The molecule has 1 rings (SSSR count). The number of ether oxygens (including phenoxy) is 2. The van der Waals surface area contributed by atoms with E-state index in [0.29, 0.717) is 11.5 Å². The number of benzene rings is 1. The minimum absolute atomic E-state index is 0.212. The molecule has 0 spiro atoms. The molecular formula is C12H15NO6. The van der Waals surface area contributed by atoms with Crippen LogP contribution in [0.5, 0.6) is 11.5 Å². The number of hydrogen-bond donors (Lipinski definition) is 3. The SMILES string of the molecule is COc1ccc(OC)c([C@@H](O)[C@H](NC=O)C(=O)O)c1. The van der Waals surface area contributed by atoms with Crippen LogP contribution in [0.3, 0.4) is 0 Å². The molecule has 104 valence electrons. The molecule has 1 aromatic carbocycles. The van der Waals surface area contributed by atoms with Crippen molar-refractivity contribution in [1.82, 2.24) is 5.32 Å². The summed E-state index contributed by atoms with van der Waals surface area (Å²) in [4.78, 5) is 21.4. The molecule has 0 bridgehead atoms. The van der Waals surface area contributed by atoms with Gasteiger partial charge < -0.3 is 25.0 Å². The number of hydrogen-bond acceptors (Lipinski definition) is 5. The fraction of sp³-hybridized carbons (Fsp3) is 0.333. The highest BCUT2D eigenvalue weighted by Gasteiger charge is 2.29. The van der Waals surface area contributed by atoms with Crippen LogP contribution in [0, 0.1) is 0 Å². The van der Waals surface area contributed by atoms with E-state index >= 15 is 0 Å². The Morgan fingerprint density at radius 1 is 1.37 bits per heavy atom. The number of aliphatic hydroxyl groups excluding tert-OH is 1. The Kier molecular flexibility index (Phi) is 5.13. The number of amides is 1. The van der Waals surface area contributed by atoms with E-state index in [-0.39, 0.29) is 12.0 Å². The van der Waals surface area contributed by atoms with Crippen molar-refractivity contribution >= 4 is 12.4 Å². The zero-order valence-electron chi connectivity index (χ0n) is 10.5. The maximum Gasteiger partial charge on any atom is 0.329 e. The number of carboxylic acid groups (broad SMARTS) is 1. The summed E-state index contributed by atoms with van der Waals surface area (Å²) in [7, 11) is 2.83. The number of carbonyl (C=O) groups is 2. The first kappa shape index (κ1) is 14.8. The van der Waals surface area contributed by atoms with Crippen LogP contribution in [0.25, 0.3) is 0 Å². The van der Waals surface area contributed by atoms with Crippen LogP contribution in [0.1, 0.15) is 11.7 Å². The fourth-order valence-corrected chi connectivity index (χ4v) is 1.62. The summed E-state index contributed by atoms with van der Waals surface area (Å²) in [5.41, 5.74) is 0.212. The minimum Gasteiger partial charge on any atom is -0.497 e. The first-order valence-corrected chi connectivity index (χ1v) is 5.37. The van der Waals surface area contributed by atoms with Gasteiger partial charge in [0.25, 0.3) is 0 Å². The van der Waals surface area contributed by atoms with Gasteiger partial charge in [-0.3, -0.25) is 4.79 Å². The predicted molar refractivity (Wildman–Crippen MR) is 65.1 cm³/mol. The quantitative estimate of drug-likeness (QED) is 0.599. The Bertz CT molecular complexity index is 462. The van der Waals surface area contributed by atoms with Crippen molar-refractivity contribution in [2.45, 2.75) is 12.1 Å². The minimum atomic E-state index is -1.47. The Balaban J connectivity index is 3.17. The van der Waals surface area contributed by atoms with Crippen LogP contribution >= 0.6 is 0 Å². The van der Waals surface area contributed by atoms with Crippen LogP contribution in [-0.2, 0) is 9.59 Å². The van der Waals surface area contributed by atoms with Gasteiger partial charge in [0.05, 0.1) is 14.2 Å². The molecule has 2 atom stereocenters. The Morgan fingerprint density at radius 3 is 2.53 bits per heavy atom. The number of rotatable bonds is 7. The molecular weight excluding hydrogens is 254 g/mol. The zero-order chi connectivity index (χ0) is 14.4. The first-order chi connectivity index (χ1) is 9.04. The van der Waals surface area contributed by atoms with E-state index in [1.54, 1.807) is 6.07 Å². The molecule has 0 saturated carbocycles. The molecule has 1 aromatic rings. The molecule has 0 aliphatic rings. The fourth-order valence-electron chi connectivity index (χ4n) is 1.62. The largest absolute Gasteiger partial charge is 0.497 e. The van der Waals surface area contributed by atoms with Crippen LogP contribution in [0.15, 0.2) is 18.2 Å². The van der Waals surface area contributed by atoms with E-state index < -0.39 is 18.1 Å². The standard InChI is InChI=1S/C12H15NO6/c1-18-7-3-4-9(19-2)8(5-7)11(15)10(12(16)17)13-6-14/h3-6,10-11,15H,1-2H3,(H,13,14)(H,16,17)/t10-,11+/m0/s1. The highest BCUT2D eigenvalue weighted by Crippen LogP contribution is 2.31. The average Bonchev–Trinajstić information content (AvgIpc) is 2.42. The number of methoxy groups -OCH3 is 2. The molecule has 0 aliphatic carbocycles. The van der Waals surface area contributed by atoms with E-state index in [1.807, 2.05) is 5.32 Å². The molecule has 7 heteroatoms. The van der Waals surface area contributed by atoms with E-state index in [4.69, 9.17) is 14.6 Å². The van der Waals surface area contributed by atoms with Crippen LogP contribution in [-0.4, -0.2) is 42.9 Å². The van der Waals surface area contributed by atoms with Crippen molar-refractivity contribution in [2.75, 3.05) is 14.2 Å². The third-order valence-electron chi connectivity index (χ3n) is 2.58. The number of aliphatic hydroxyl groups is 1. The zero-order valence-corrected chi connectivity index (χ0v) is 10.5. The lowest BCUT2D eigenvalue weighted by atomic mass is 10.0. The Labute approximate surface area is 109 Å². The van der Waals surface area contributed by atoms with Crippen LogP contribution in [0.4, 0.5) is 0 Å². The number of carboxylic acids is 1. The molecule has 0 radical (unpaired) electrons. The maximum absolute atomic E-state index is 11.0. The second-order valence-corrected chi connectivity index (χ2v) is 3.65. The lowest BCUT2D eigenvalue weighted by Gasteiger charge is -2.21. The molecule has 0 fully saturated rings. The normalized spacial score (nSPS) is 13.2. The number of aliphatic carboxylic acids is 1.